The van der Waals surface area contributed by atoms with E-state index >= 15 is 0 Å². The molecule has 1 aromatic carbocycles. The van der Waals surface area contributed by atoms with Crippen LogP contribution in [-0.4, -0.2) is 24.7 Å². The SMILES string of the molecule is COc1cccc(CC(CN)(CC2CC2)C(=O)O)c1. The van der Waals surface area contributed by atoms with Gasteiger partial charge in [0.15, 0.2) is 0 Å². The van der Waals surface area contributed by atoms with Crippen molar-refractivity contribution in [2.75, 3.05) is 13.7 Å². The van der Waals surface area contributed by atoms with Crippen molar-refractivity contribution < 1.29 is 14.6 Å². The number of carbonyl (C=O) groups is 1. The Bertz CT molecular complexity index is 456. The van der Waals surface area contributed by atoms with Gasteiger partial charge in [-0.2, -0.15) is 0 Å². The van der Waals surface area contributed by atoms with E-state index in [4.69, 9.17) is 10.5 Å². The van der Waals surface area contributed by atoms with E-state index in [9.17, 15) is 9.90 Å². The molecule has 104 valence electrons. The van der Waals surface area contributed by atoms with E-state index in [1.165, 1.54) is 0 Å². The summed E-state index contributed by atoms with van der Waals surface area (Å²) in [7, 11) is 1.61. The molecule has 4 heteroatoms. The Kier molecular flexibility index (Phi) is 4.10. The van der Waals surface area contributed by atoms with Crippen LogP contribution in [0.3, 0.4) is 0 Å². The van der Waals surface area contributed by atoms with E-state index < -0.39 is 11.4 Å². The van der Waals surface area contributed by atoms with Gasteiger partial charge in [-0.05, 0) is 36.5 Å². The van der Waals surface area contributed by atoms with Gasteiger partial charge in [0, 0.05) is 6.54 Å². The lowest BCUT2D eigenvalue weighted by Crippen LogP contribution is -2.41. The van der Waals surface area contributed by atoms with E-state index in [1.54, 1.807) is 7.11 Å². The summed E-state index contributed by atoms with van der Waals surface area (Å²) in [6.07, 6.45) is 3.41. The van der Waals surface area contributed by atoms with Gasteiger partial charge in [-0.1, -0.05) is 25.0 Å². The summed E-state index contributed by atoms with van der Waals surface area (Å²) >= 11 is 0. The molecule has 1 aromatic rings. The number of carboxylic acids is 1. The maximum absolute atomic E-state index is 11.7. The molecule has 0 heterocycles. The first-order valence-corrected chi connectivity index (χ1v) is 6.66. The normalized spacial score (nSPS) is 17.8. The second-order valence-corrected chi connectivity index (χ2v) is 5.47. The predicted octanol–water partition coefficient (Wildman–Crippen LogP) is 2.07. The van der Waals surface area contributed by atoms with Gasteiger partial charge in [0.2, 0.25) is 0 Å². The minimum absolute atomic E-state index is 0.177. The van der Waals surface area contributed by atoms with Crippen molar-refractivity contribution in [3.63, 3.8) is 0 Å². The minimum atomic E-state index is -0.840. The molecule has 1 aliphatic carbocycles. The molecule has 1 atom stereocenters. The molecular weight excluding hydrogens is 242 g/mol. The molecule has 0 radical (unpaired) electrons. The smallest absolute Gasteiger partial charge is 0.311 e. The van der Waals surface area contributed by atoms with Crippen LogP contribution in [0.2, 0.25) is 0 Å². The van der Waals surface area contributed by atoms with Crippen LogP contribution in [-0.2, 0) is 11.2 Å². The van der Waals surface area contributed by atoms with Crippen LogP contribution >= 0.6 is 0 Å². The summed E-state index contributed by atoms with van der Waals surface area (Å²) in [6.45, 7) is 0.177. The molecule has 0 spiro atoms. The van der Waals surface area contributed by atoms with Gasteiger partial charge in [0.1, 0.15) is 5.75 Å². The largest absolute Gasteiger partial charge is 0.497 e. The molecule has 1 fully saturated rings. The Balaban J connectivity index is 2.20. The van der Waals surface area contributed by atoms with E-state index in [0.29, 0.717) is 18.8 Å². The lowest BCUT2D eigenvalue weighted by molar-refractivity contribution is -0.149. The molecule has 2 rings (SSSR count). The summed E-state index contributed by atoms with van der Waals surface area (Å²) in [4.78, 5) is 11.7. The molecule has 1 aliphatic rings. The maximum atomic E-state index is 11.7. The van der Waals surface area contributed by atoms with E-state index in [1.807, 2.05) is 24.3 Å². The number of hydrogen-bond acceptors (Lipinski definition) is 3. The number of methoxy groups -OCH3 is 1. The van der Waals surface area contributed by atoms with Gasteiger partial charge in [0.25, 0.3) is 0 Å². The zero-order valence-electron chi connectivity index (χ0n) is 11.3. The van der Waals surface area contributed by atoms with Crippen LogP contribution in [0.5, 0.6) is 5.75 Å². The number of rotatable bonds is 7. The Morgan fingerprint density at radius 2 is 2.26 bits per heavy atom. The van der Waals surface area contributed by atoms with Crippen LogP contribution in [0.25, 0.3) is 0 Å². The third-order valence-electron chi connectivity index (χ3n) is 3.90. The fourth-order valence-electron chi connectivity index (χ4n) is 2.53. The second kappa shape index (κ2) is 5.61. The number of ether oxygens (including phenoxy) is 1. The molecule has 3 N–H and O–H groups in total. The van der Waals surface area contributed by atoms with Crippen molar-refractivity contribution >= 4 is 5.97 Å². The highest BCUT2D eigenvalue weighted by molar-refractivity contribution is 5.75. The topological polar surface area (TPSA) is 72.5 Å². The summed E-state index contributed by atoms with van der Waals surface area (Å²) in [5, 5.41) is 9.58. The molecule has 0 bridgehead atoms. The fourth-order valence-corrected chi connectivity index (χ4v) is 2.53. The third-order valence-corrected chi connectivity index (χ3v) is 3.90. The number of benzene rings is 1. The zero-order valence-corrected chi connectivity index (χ0v) is 11.3. The number of carboxylic acid groups (broad SMARTS) is 1. The van der Waals surface area contributed by atoms with Crippen molar-refractivity contribution in [2.45, 2.75) is 25.7 Å². The first-order valence-electron chi connectivity index (χ1n) is 6.66. The number of aliphatic carboxylic acids is 1. The zero-order chi connectivity index (χ0) is 13.9. The molecule has 0 amide bonds. The Morgan fingerprint density at radius 3 is 2.79 bits per heavy atom. The van der Waals surface area contributed by atoms with Crippen molar-refractivity contribution in [3.05, 3.63) is 29.8 Å². The number of hydrogen-bond donors (Lipinski definition) is 2. The molecular formula is C15H21NO3. The summed E-state index contributed by atoms with van der Waals surface area (Å²) in [5.41, 5.74) is 5.92. The lowest BCUT2D eigenvalue weighted by Gasteiger charge is -2.28. The van der Waals surface area contributed by atoms with Crippen LogP contribution in [0.4, 0.5) is 0 Å². The highest BCUT2D eigenvalue weighted by Crippen LogP contribution is 2.42. The quantitative estimate of drug-likeness (QED) is 0.790. The average Bonchev–Trinajstić information content (AvgIpc) is 3.21. The predicted molar refractivity (Wildman–Crippen MR) is 73.2 cm³/mol. The van der Waals surface area contributed by atoms with Gasteiger partial charge in [-0.15, -0.1) is 0 Å². The van der Waals surface area contributed by atoms with Crippen LogP contribution in [0, 0.1) is 11.3 Å². The van der Waals surface area contributed by atoms with Crippen LogP contribution in [0.1, 0.15) is 24.8 Å². The van der Waals surface area contributed by atoms with Crippen molar-refractivity contribution in [3.8, 4) is 5.75 Å². The molecule has 1 saturated carbocycles. The van der Waals surface area contributed by atoms with Crippen molar-refractivity contribution in [1.82, 2.24) is 0 Å². The van der Waals surface area contributed by atoms with E-state index in [2.05, 4.69) is 0 Å². The molecule has 1 unspecified atom stereocenters. The van der Waals surface area contributed by atoms with Crippen LogP contribution in [0.15, 0.2) is 24.3 Å². The lowest BCUT2D eigenvalue weighted by atomic mass is 9.77. The Morgan fingerprint density at radius 1 is 1.53 bits per heavy atom. The average molecular weight is 263 g/mol. The molecule has 0 saturated heterocycles. The highest BCUT2D eigenvalue weighted by Gasteiger charge is 2.42. The first kappa shape index (κ1) is 13.9. The summed E-state index contributed by atoms with van der Waals surface area (Å²) < 4.78 is 5.18. The van der Waals surface area contributed by atoms with E-state index in [0.717, 1.165) is 24.2 Å². The van der Waals surface area contributed by atoms with Gasteiger partial charge in [-0.3, -0.25) is 4.79 Å². The maximum Gasteiger partial charge on any atom is 0.311 e. The van der Waals surface area contributed by atoms with Crippen molar-refractivity contribution in [2.24, 2.45) is 17.1 Å². The van der Waals surface area contributed by atoms with Gasteiger partial charge < -0.3 is 15.6 Å². The standard InChI is InChI=1S/C15H21NO3/c1-19-13-4-2-3-12(7-13)9-15(10-16,14(17)18)8-11-5-6-11/h2-4,7,11H,5-6,8-10,16H2,1H3,(H,17,18). The Hall–Kier alpha value is -1.55. The van der Waals surface area contributed by atoms with Gasteiger partial charge in [0.05, 0.1) is 12.5 Å². The molecule has 0 aliphatic heterocycles. The molecule has 4 nitrogen and oxygen atoms in total. The van der Waals surface area contributed by atoms with E-state index in [-0.39, 0.29) is 6.54 Å². The Labute approximate surface area is 113 Å². The fraction of sp³-hybridized carbons (Fsp3) is 0.533. The van der Waals surface area contributed by atoms with Gasteiger partial charge in [-0.25, -0.2) is 0 Å². The van der Waals surface area contributed by atoms with Gasteiger partial charge >= 0.3 is 5.97 Å². The third kappa shape index (κ3) is 3.26. The number of nitrogens with two attached hydrogens (primary N) is 1. The first-order chi connectivity index (χ1) is 9.09. The van der Waals surface area contributed by atoms with Crippen LogP contribution < -0.4 is 10.5 Å². The second-order valence-electron chi connectivity index (χ2n) is 5.47. The summed E-state index contributed by atoms with van der Waals surface area (Å²) in [5.74, 6) is 0.496. The molecule has 19 heavy (non-hydrogen) atoms. The highest BCUT2D eigenvalue weighted by atomic mass is 16.5. The van der Waals surface area contributed by atoms with Crippen molar-refractivity contribution in [1.29, 1.82) is 0 Å². The minimum Gasteiger partial charge on any atom is -0.497 e. The monoisotopic (exact) mass is 263 g/mol. The molecule has 0 aromatic heterocycles. The summed E-state index contributed by atoms with van der Waals surface area (Å²) in [6, 6.07) is 7.56.